The van der Waals surface area contributed by atoms with Crippen LogP contribution in [0.5, 0.6) is 0 Å². The van der Waals surface area contributed by atoms with Crippen molar-refractivity contribution in [3.8, 4) is 10.7 Å². The van der Waals surface area contributed by atoms with Crippen LogP contribution < -0.4 is 0 Å². The van der Waals surface area contributed by atoms with E-state index >= 15 is 0 Å². The van der Waals surface area contributed by atoms with E-state index < -0.39 is 0 Å². The molecule has 6 heteroatoms. The smallest absolute Gasteiger partial charge is 0.191 e. The van der Waals surface area contributed by atoms with Crippen molar-refractivity contribution < 1.29 is 4.74 Å². The van der Waals surface area contributed by atoms with E-state index in [-0.39, 0.29) is 0 Å². The summed E-state index contributed by atoms with van der Waals surface area (Å²) in [5.74, 6) is 1.91. The largest absolute Gasteiger partial charge is 0.377 e. The molecule has 4 nitrogen and oxygen atoms in total. The molecular weight excluding hydrogens is 266 g/mol. The summed E-state index contributed by atoms with van der Waals surface area (Å²) in [5, 5.41) is 11.6. The molecule has 0 spiro atoms. The Labute approximate surface area is 114 Å². The van der Waals surface area contributed by atoms with Gasteiger partial charge in [-0.2, -0.15) is 0 Å². The molecule has 1 aliphatic rings. The summed E-state index contributed by atoms with van der Waals surface area (Å²) < 4.78 is 7.68. The van der Waals surface area contributed by atoms with E-state index in [9.17, 15) is 0 Å². The standard InChI is InChI=1S/C12H15N3OS2/c1-15-11(10-5-3-7-17-10)13-14-12(15)18-8-9-4-2-6-16-9/h3,5,7,9H,2,4,6,8H2,1H3. The van der Waals surface area contributed by atoms with E-state index in [0.29, 0.717) is 6.10 Å². The zero-order valence-electron chi connectivity index (χ0n) is 10.2. The first-order valence-electron chi connectivity index (χ1n) is 6.02. The normalized spacial score (nSPS) is 19.5. The number of aromatic nitrogens is 3. The van der Waals surface area contributed by atoms with Gasteiger partial charge in [-0.25, -0.2) is 0 Å². The Hall–Kier alpha value is -0.850. The fourth-order valence-electron chi connectivity index (χ4n) is 2.00. The Kier molecular flexibility index (Phi) is 3.67. The lowest BCUT2D eigenvalue weighted by atomic mass is 10.3. The van der Waals surface area contributed by atoms with E-state index in [1.165, 1.54) is 12.8 Å². The van der Waals surface area contributed by atoms with Crippen LogP contribution in [-0.2, 0) is 11.8 Å². The monoisotopic (exact) mass is 281 g/mol. The zero-order valence-corrected chi connectivity index (χ0v) is 11.8. The van der Waals surface area contributed by atoms with Crippen LogP contribution in [-0.4, -0.2) is 33.2 Å². The van der Waals surface area contributed by atoms with Gasteiger partial charge in [0.05, 0.1) is 11.0 Å². The highest BCUT2D eigenvalue weighted by Crippen LogP contribution is 2.27. The van der Waals surface area contributed by atoms with Crippen LogP contribution in [0.25, 0.3) is 10.7 Å². The summed E-state index contributed by atoms with van der Waals surface area (Å²) in [5.41, 5.74) is 0. The quantitative estimate of drug-likeness (QED) is 0.808. The van der Waals surface area contributed by atoms with Crippen molar-refractivity contribution in [2.45, 2.75) is 24.1 Å². The van der Waals surface area contributed by atoms with E-state index in [2.05, 4.69) is 26.2 Å². The van der Waals surface area contributed by atoms with Crippen LogP contribution in [0.2, 0.25) is 0 Å². The van der Waals surface area contributed by atoms with Crippen LogP contribution in [0.15, 0.2) is 22.7 Å². The van der Waals surface area contributed by atoms with E-state index in [1.807, 2.05) is 13.1 Å². The van der Waals surface area contributed by atoms with Crippen molar-refractivity contribution >= 4 is 23.1 Å². The summed E-state index contributed by atoms with van der Waals surface area (Å²) >= 11 is 3.42. The molecule has 0 radical (unpaired) electrons. The highest BCUT2D eigenvalue weighted by Gasteiger charge is 2.18. The first-order chi connectivity index (χ1) is 8.84. The number of nitrogens with zero attached hydrogens (tertiary/aromatic N) is 3. The lowest BCUT2D eigenvalue weighted by molar-refractivity contribution is 0.129. The summed E-state index contributed by atoms with van der Waals surface area (Å²) in [7, 11) is 2.02. The van der Waals surface area contributed by atoms with Gasteiger partial charge in [0.1, 0.15) is 0 Å². The molecule has 1 aliphatic heterocycles. The second-order valence-electron chi connectivity index (χ2n) is 4.29. The van der Waals surface area contributed by atoms with Crippen molar-refractivity contribution in [2.24, 2.45) is 7.05 Å². The number of thiophene rings is 1. The lowest BCUT2D eigenvalue weighted by Gasteiger charge is -2.07. The maximum absolute atomic E-state index is 5.62. The Bertz CT molecular complexity index is 503. The highest BCUT2D eigenvalue weighted by molar-refractivity contribution is 7.99. The summed E-state index contributed by atoms with van der Waals surface area (Å²) in [4.78, 5) is 1.16. The summed E-state index contributed by atoms with van der Waals surface area (Å²) in [6.07, 6.45) is 2.74. The van der Waals surface area contributed by atoms with Crippen LogP contribution in [0.1, 0.15) is 12.8 Å². The Morgan fingerprint density at radius 1 is 1.56 bits per heavy atom. The van der Waals surface area contributed by atoms with Gasteiger partial charge in [-0.15, -0.1) is 21.5 Å². The summed E-state index contributed by atoms with van der Waals surface area (Å²) in [6, 6.07) is 4.11. The molecule has 0 amide bonds. The van der Waals surface area contributed by atoms with Gasteiger partial charge in [-0.1, -0.05) is 17.8 Å². The van der Waals surface area contributed by atoms with Gasteiger partial charge in [-0.05, 0) is 24.3 Å². The maximum atomic E-state index is 5.62. The van der Waals surface area contributed by atoms with Crippen LogP contribution in [0.3, 0.4) is 0 Å². The molecule has 0 aliphatic carbocycles. The number of rotatable bonds is 4. The number of thioether (sulfide) groups is 1. The van der Waals surface area contributed by atoms with Crippen LogP contribution >= 0.6 is 23.1 Å². The van der Waals surface area contributed by atoms with Gasteiger partial charge in [-0.3, -0.25) is 0 Å². The third kappa shape index (κ3) is 2.46. The molecule has 2 aromatic rings. The molecular formula is C12H15N3OS2. The van der Waals surface area contributed by atoms with Crippen LogP contribution in [0.4, 0.5) is 0 Å². The third-order valence-electron chi connectivity index (χ3n) is 3.00. The molecule has 0 aromatic carbocycles. The fourth-order valence-corrected chi connectivity index (χ4v) is 3.72. The van der Waals surface area contributed by atoms with Crippen molar-refractivity contribution in [2.75, 3.05) is 12.4 Å². The molecule has 1 unspecified atom stereocenters. The second-order valence-corrected chi connectivity index (χ2v) is 6.22. The molecule has 2 aromatic heterocycles. The van der Waals surface area contributed by atoms with Gasteiger partial charge < -0.3 is 9.30 Å². The topological polar surface area (TPSA) is 39.9 Å². The fraction of sp³-hybridized carbons (Fsp3) is 0.500. The molecule has 3 rings (SSSR count). The van der Waals surface area contributed by atoms with Crippen molar-refractivity contribution in [1.82, 2.24) is 14.8 Å². The molecule has 1 atom stereocenters. The second kappa shape index (κ2) is 5.42. The number of ether oxygens (including phenoxy) is 1. The molecule has 0 saturated carbocycles. The number of hydrogen-bond acceptors (Lipinski definition) is 5. The van der Waals surface area contributed by atoms with Gasteiger partial charge in [0.25, 0.3) is 0 Å². The third-order valence-corrected chi connectivity index (χ3v) is 5.02. The SMILES string of the molecule is Cn1c(SCC2CCCO2)nnc1-c1cccs1. The average molecular weight is 281 g/mol. The van der Waals surface area contributed by atoms with E-state index in [4.69, 9.17) is 4.74 Å². The molecule has 0 N–H and O–H groups in total. The van der Waals surface area contributed by atoms with Crippen molar-refractivity contribution in [1.29, 1.82) is 0 Å². The van der Waals surface area contributed by atoms with E-state index in [1.54, 1.807) is 23.1 Å². The first kappa shape index (κ1) is 12.2. The van der Waals surface area contributed by atoms with E-state index in [0.717, 1.165) is 28.2 Å². The Balaban J connectivity index is 1.69. The predicted molar refractivity (Wildman–Crippen MR) is 74.0 cm³/mol. The van der Waals surface area contributed by atoms with Gasteiger partial charge in [0.15, 0.2) is 11.0 Å². The Morgan fingerprint density at radius 2 is 2.50 bits per heavy atom. The molecule has 1 saturated heterocycles. The van der Waals surface area contributed by atoms with Gasteiger partial charge in [0, 0.05) is 19.4 Å². The minimum atomic E-state index is 0.386. The molecule has 18 heavy (non-hydrogen) atoms. The molecule has 3 heterocycles. The molecule has 96 valence electrons. The minimum absolute atomic E-state index is 0.386. The predicted octanol–water partition coefficient (Wildman–Crippen LogP) is 2.81. The Morgan fingerprint density at radius 3 is 3.22 bits per heavy atom. The van der Waals surface area contributed by atoms with Crippen molar-refractivity contribution in [3.63, 3.8) is 0 Å². The van der Waals surface area contributed by atoms with Crippen LogP contribution in [0, 0.1) is 0 Å². The average Bonchev–Trinajstić information content (AvgIpc) is 3.08. The minimum Gasteiger partial charge on any atom is -0.377 e. The van der Waals surface area contributed by atoms with Gasteiger partial charge in [0.2, 0.25) is 0 Å². The zero-order chi connectivity index (χ0) is 12.4. The summed E-state index contributed by atoms with van der Waals surface area (Å²) in [6.45, 7) is 0.907. The molecule has 0 bridgehead atoms. The highest BCUT2D eigenvalue weighted by atomic mass is 32.2. The lowest BCUT2D eigenvalue weighted by Crippen LogP contribution is -2.08. The van der Waals surface area contributed by atoms with Crippen molar-refractivity contribution in [3.05, 3.63) is 17.5 Å². The first-order valence-corrected chi connectivity index (χ1v) is 7.89. The number of hydrogen-bond donors (Lipinski definition) is 0. The molecule has 1 fully saturated rings. The maximum Gasteiger partial charge on any atom is 0.191 e. The van der Waals surface area contributed by atoms with Gasteiger partial charge >= 0.3 is 0 Å².